The van der Waals surface area contributed by atoms with Gasteiger partial charge in [0, 0.05) is 44.5 Å². The van der Waals surface area contributed by atoms with E-state index < -0.39 is 11.7 Å². The van der Waals surface area contributed by atoms with Gasteiger partial charge in [-0.3, -0.25) is 4.90 Å². The number of nitrogens with one attached hydrogen (secondary N) is 2. The molecule has 1 atom stereocenters. The summed E-state index contributed by atoms with van der Waals surface area (Å²) in [5.41, 5.74) is 1.73. The highest BCUT2D eigenvalue weighted by Crippen LogP contribution is 2.36. The highest BCUT2D eigenvalue weighted by atomic mass is 19.4. The average Bonchev–Trinajstić information content (AvgIpc) is 3.09. The van der Waals surface area contributed by atoms with E-state index in [1.807, 2.05) is 6.20 Å². The lowest BCUT2D eigenvalue weighted by Crippen LogP contribution is -2.50. The Labute approximate surface area is 161 Å². The van der Waals surface area contributed by atoms with E-state index in [1.165, 1.54) is 12.1 Å². The third kappa shape index (κ3) is 3.84. The second-order valence-electron chi connectivity index (χ2n) is 7.11. The van der Waals surface area contributed by atoms with Gasteiger partial charge in [0.05, 0.1) is 16.9 Å². The summed E-state index contributed by atoms with van der Waals surface area (Å²) in [6.07, 6.45) is -0.0866. The SMILES string of the molecule is CCc1cncnc1N1CCN(CC2Nc3ccc(C(F)(F)F)cc3N2)CC1. The average molecular weight is 392 g/mol. The molecule has 9 heteroatoms. The molecule has 3 heterocycles. The van der Waals surface area contributed by atoms with Crippen LogP contribution < -0.4 is 15.5 Å². The Morgan fingerprint density at radius 1 is 1.11 bits per heavy atom. The van der Waals surface area contributed by atoms with Crippen LogP contribution in [0.2, 0.25) is 0 Å². The summed E-state index contributed by atoms with van der Waals surface area (Å²) >= 11 is 0. The van der Waals surface area contributed by atoms with Crippen molar-refractivity contribution in [3.05, 3.63) is 41.9 Å². The lowest BCUT2D eigenvalue weighted by Gasteiger charge is -2.37. The molecule has 0 spiro atoms. The fourth-order valence-electron chi connectivity index (χ4n) is 3.76. The van der Waals surface area contributed by atoms with Gasteiger partial charge in [0.15, 0.2) is 0 Å². The smallest absolute Gasteiger partial charge is 0.363 e. The van der Waals surface area contributed by atoms with E-state index in [2.05, 4.69) is 37.3 Å². The number of aryl methyl sites for hydroxylation is 1. The van der Waals surface area contributed by atoms with Crippen LogP contribution in [0.4, 0.5) is 30.4 Å². The molecular formula is C19H23F3N6. The van der Waals surface area contributed by atoms with E-state index in [0.29, 0.717) is 17.9 Å². The lowest BCUT2D eigenvalue weighted by atomic mass is 10.2. The van der Waals surface area contributed by atoms with Crippen molar-refractivity contribution in [1.82, 2.24) is 14.9 Å². The van der Waals surface area contributed by atoms with Gasteiger partial charge < -0.3 is 15.5 Å². The number of hydrogen-bond donors (Lipinski definition) is 2. The molecule has 1 aromatic carbocycles. The molecule has 1 saturated heterocycles. The zero-order chi connectivity index (χ0) is 19.7. The predicted octanol–water partition coefficient (Wildman–Crippen LogP) is 3.04. The van der Waals surface area contributed by atoms with Gasteiger partial charge in [0.1, 0.15) is 18.3 Å². The summed E-state index contributed by atoms with van der Waals surface area (Å²) in [5, 5.41) is 6.44. The molecule has 2 aromatic rings. The van der Waals surface area contributed by atoms with Crippen LogP contribution in [-0.4, -0.2) is 53.8 Å². The van der Waals surface area contributed by atoms with Crippen molar-refractivity contribution < 1.29 is 13.2 Å². The van der Waals surface area contributed by atoms with Crippen LogP contribution >= 0.6 is 0 Å². The van der Waals surface area contributed by atoms with Gasteiger partial charge in [0.25, 0.3) is 0 Å². The number of alkyl halides is 3. The van der Waals surface area contributed by atoms with Crippen LogP contribution in [0, 0.1) is 0 Å². The van der Waals surface area contributed by atoms with Gasteiger partial charge in [-0.05, 0) is 24.6 Å². The monoisotopic (exact) mass is 392 g/mol. The Hall–Kier alpha value is -2.55. The summed E-state index contributed by atoms with van der Waals surface area (Å²) in [6, 6.07) is 3.77. The van der Waals surface area contributed by atoms with Crippen molar-refractivity contribution in [2.75, 3.05) is 48.3 Å². The molecule has 1 aromatic heterocycles. The topological polar surface area (TPSA) is 56.3 Å². The maximum atomic E-state index is 12.9. The summed E-state index contributed by atoms with van der Waals surface area (Å²) in [7, 11) is 0. The van der Waals surface area contributed by atoms with E-state index in [4.69, 9.17) is 0 Å². The maximum absolute atomic E-state index is 12.9. The van der Waals surface area contributed by atoms with Crippen molar-refractivity contribution in [3.63, 3.8) is 0 Å². The number of hydrogen-bond acceptors (Lipinski definition) is 6. The first kappa shape index (κ1) is 18.8. The zero-order valence-corrected chi connectivity index (χ0v) is 15.6. The van der Waals surface area contributed by atoms with Crippen molar-refractivity contribution in [2.45, 2.75) is 25.7 Å². The minimum atomic E-state index is -4.33. The Balaban J connectivity index is 1.33. The maximum Gasteiger partial charge on any atom is 0.416 e. The summed E-state index contributed by atoms with van der Waals surface area (Å²) in [5.74, 6) is 1.00. The van der Waals surface area contributed by atoms with Crippen molar-refractivity contribution in [3.8, 4) is 0 Å². The molecular weight excluding hydrogens is 369 g/mol. The molecule has 0 aliphatic carbocycles. The van der Waals surface area contributed by atoms with Gasteiger partial charge in [-0.1, -0.05) is 6.92 Å². The Kier molecular flexibility index (Phi) is 5.01. The Morgan fingerprint density at radius 2 is 1.86 bits per heavy atom. The summed E-state index contributed by atoms with van der Waals surface area (Å²) in [4.78, 5) is 13.1. The van der Waals surface area contributed by atoms with Crippen molar-refractivity contribution in [1.29, 1.82) is 0 Å². The van der Waals surface area contributed by atoms with Gasteiger partial charge >= 0.3 is 6.18 Å². The van der Waals surface area contributed by atoms with E-state index in [-0.39, 0.29) is 6.17 Å². The molecule has 0 bridgehead atoms. The number of nitrogens with zero attached hydrogens (tertiary/aromatic N) is 4. The van der Waals surface area contributed by atoms with E-state index in [0.717, 1.165) is 50.0 Å². The molecule has 6 nitrogen and oxygen atoms in total. The normalized spacial score (nSPS) is 19.9. The molecule has 28 heavy (non-hydrogen) atoms. The van der Waals surface area contributed by atoms with Gasteiger partial charge in [-0.2, -0.15) is 13.2 Å². The molecule has 0 radical (unpaired) electrons. The first-order valence-corrected chi connectivity index (χ1v) is 9.44. The quantitative estimate of drug-likeness (QED) is 0.834. The fourth-order valence-corrected chi connectivity index (χ4v) is 3.76. The van der Waals surface area contributed by atoms with Gasteiger partial charge in [-0.15, -0.1) is 0 Å². The summed E-state index contributed by atoms with van der Waals surface area (Å²) in [6.45, 7) is 6.28. The number of rotatable bonds is 4. The van der Waals surface area contributed by atoms with Gasteiger partial charge in [-0.25, -0.2) is 9.97 Å². The van der Waals surface area contributed by atoms with Crippen LogP contribution in [0.15, 0.2) is 30.7 Å². The number of fused-ring (bicyclic) bond motifs is 1. The standard InChI is InChI=1S/C19H23F3N6/c1-2-13-10-23-12-24-18(13)28-7-5-27(6-8-28)11-17-25-15-4-3-14(19(20,21)22)9-16(15)26-17/h3-4,9-10,12,17,25-26H,2,5-8,11H2,1H3. The molecule has 150 valence electrons. The number of benzene rings is 1. The Morgan fingerprint density at radius 3 is 2.57 bits per heavy atom. The van der Waals surface area contributed by atoms with E-state index in [1.54, 1.807) is 6.33 Å². The molecule has 2 aliphatic heterocycles. The highest BCUT2D eigenvalue weighted by Gasteiger charge is 2.33. The molecule has 4 rings (SSSR count). The minimum Gasteiger partial charge on any atom is -0.363 e. The minimum absolute atomic E-state index is 0.102. The second-order valence-corrected chi connectivity index (χ2v) is 7.11. The van der Waals surface area contributed by atoms with E-state index in [9.17, 15) is 13.2 Å². The molecule has 0 amide bonds. The highest BCUT2D eigenvalue weighted by molar-refractivity contribution is 5.75. The molecule has 1 unspecified atom stereocenters. The third-order valence-electron chi connectivity index (χ3n) is 5.26. The molecule has 2 aliphatic rings. The van der Waals surface area contributed by atoms with Crippen LogP contribution in [-0.2, 0) is 12.6 Å². The molecule has 2 N–H and O–H groups in total. The molecule has 1 fully saturated rings. The van der Waals surface area contributed by atoms with Crippen LogP contribution in [0.5, 0.6) is 0 Å². The van der Waals surface area contributed by atoms with Gasteiger partial charge in [0.2, 0.25) is 0 Å². The molecule has 0 saturated carbocycles. The van der Waals surface area contributed by atoms with E-state index >= 15 is 0 Å². The Bertz CT molecular complexity index is 833. The predicted molar refractivity (Wildman–Crippen MR) is 103 cm³/mol. The number of aromatic nitrogens is 2. The summed E-state index contributed by atoms with van der Waals surface area (Å²) < 4.78 is 38.7. The first-order chi connectivity index (χ1) is 13.4. The lowest BCUT2D eigenvalue weighted by molar-refractivity contribution is -0.137. The largest absolute Gasteiger partial charge is 0.416 e. The zero-order valence-electron chi connectivity index (χ0n) is 15.6. The van der Waals surface area contributed by atoms with Crippen LogP contribution in [0.3, 0.4) is 0 Å². The van der Waals surface area contributed by atoms with Crippen LogP contribution in [0.25, 0.3) is 0 Å². The van der Waals surface area contributed by atoms with Crippen molar-refractivity contribution >= 4 is 17.2 Å². The fraction of sp³-hybridized carbons (Fsp3) is 0.474. The number of anilines is 3. The first-order valence-electron chi connectivity index (χ1n) is 9.44. The third-order valence-corrected chi connectivity index (χ3v) is 5.26. The van der Waals surface area contributed by atoms with Crippen molar-refractivity contribution in [2.24, 2.45) is 0 Å². The van der Waals surface area contributed by atoms with Crippen LogP contribution in [0.1, 0.15) is 18.1 Å². The second kappa shape index (κ2) is 7.46. The number of halogens is 3. The number of piperazine rings is 1.